The Balaban J connectivity index is 2.91. The highest BCUT2D eigenvalue weighted by Gasteiger charge is 2.33. The van der Waals surface area contributed by atoms with Crippen molar-refractivity contribution >= 4 is 34.3 Å². The van der Waals surface area contributed by atoms with Crippen LogP contribution in [0.4, 0.5) is 0 Å². The first-order valence-corrected chi connectivity index (χ1v) is 8.42. The first kappa shape index (κ1) is 15.6. The number of rotatable bonds is 4. The number of aliphatic imine (C=N–C) groups is 2. The van der Waals surface area contributed by atoms with E-state index in [2.05, 4.69) is 30.1 Å². The molecule has 0 aromatic carbocycles. The van der Waals surface area contributed by atoms with Crippen molar-refractivity contribution in [2.45, 2.75) is 25.9 Å². The minimum atomic E-state index is -0.0629. The van der Waals surface area contributed by atoms with Gasteiger partial charge in [0, 0.05) is 10.9 Å². The Hall–Kier alpha value is -0.420. The van der Waals surface area contributed by atoms with E-state index in [1.165, 1.54) is 0 Å². The largest absolute Gasteiger partial charge is 0.483 e. The van der Waals surface area contributed by atoms with E-state index in [9.17, 15) is 0 Å². The van der Waals surface area contributed by atoms with Crippen LogP contribution in [0.25, 0.3) is 0 Å². The second-order valence-corrected chi connectivity index (χ2v) is 7.37. The van der Waals surface area contributed by atoms with Crippen molar-refractivity contribution < 1.29 is 9.47 Å². The molecular formula is C12H22ClN2O2S+. The van der Waals surface area contributed by atoms with Gasteiger partial charge in [0.15, 0.2) is 11.3 Å². The van der Waals surface area contributed by atoms with Crippen LogP contribution in [0.3, 0.4) is 0 Å². The smallest absolute Gasteiger partial charge is 0.214 e. The van der Waals surface area contributed by atoms with Crippen LogP contribution < -0.4 is 0 Å². The van der Waals surface area contributed by atoms with Crippen molar-refractivity contribution in [1.82, 2.24) is 0 Å². The summed E-state index contributed by atoms with van der Waals surface area (Å²) in [5.74, 6) is 2.58. The summed E-state index contributed by atoms with van der Waals surface area (Å²) >= 11 is 5.86. The first-order valence-electron chi connectivity index (χ1n) is 5.91. The van der Waals surface area contributed by atoms with E-state index in [1.54, 1.807) is 14.2 Å². The molecule has 1 aliphatic heterocycles. The summed E-state index contributed by atoms with van der Waals surface area (Å²) in [7, 11) is 3.39. The van der Waals surface area contributed by atoms with Crippen LogP contribution in [-0.4, -0.2) is 55.3 Å². The monoisotopic (exact) mass is 293 g/mol. The maximum atomic E-state index is 5.86. The molecule has 18 heavy (non-hydrogen) atoms. The predicted octanol–water partition coefficient (Wildman–Crippen LogP) is 1.93. The Bertz CT molecular complexity index is 334. The quantitative estimate of drug-likeness (QED) is 0.587. The highest BCUT2D eigenvalue weighted by Crippen LogP contribution is 2.18. The van der Waals surface area contributed by atoms with E-state index in [0.29, 0.717) is 22.9 Å². The van der Waals surface area contributed by atoms with Crippen LogP contribution in [0.15, 0.2) is 9.98 Å². The Labute approximate surface area is 117 Å². The Morgan fingerprint density at radius 3 is 2.28 bits per heavy atom. The molecular weight excluding hydrogens is 272 g/mol. The van der Waals surface area contributed by atoms with Crippen LogP contribution in [0, 0.1) is 5.92 Å². The molecule has 6 heteroatoms. The molecule has 0 aliphatic carbocycles. The van der Waals surface area contributed by atoms with Crippen LogP contribution >= 0.6 is 11.6 Å². The van der Waals surface area contributed by atoms with Gasteiger partial charge in [-0.05, 0) is 5.92 Å². The molecule has 0 bridgehead atoms. The molecule has 1 heterocycles. The summed E-state index contributed by atoms with van der Waals surface area (Å²) in [6.45, 7) is 4.19. The van der Waals surface area contributed by atoms with Gasteiger partial charge in [-0.3, -0.25) is 0 Å². The molecule has 0 aromatic heterocycles. The van der Waals surface area contributed by atoms with E-state index in [0.717, 1.165) is 5.75 Å². The highest BCUT2D eigenvalue weighted by atomic mass is 35.5. The normalized spacial score (nSPS) is 25.5. The summed E-state index contributed by atoms with van der Waals surface area (Å²) < 4.78 is 10.7. The third-order valence-corrected chi connectivity index (χ3v) is 5.14. The lowest BCUT2D eigenvalue weighted by Crippen LogP contribution is -2.40. The van der Waals surface area contributed by atoms with E-state index in [4.69, 9.17) is 21.1 Å². The standard InChI is InChI=1S/C12H22ClN2O2S/c1-8(2)10-12(17-4)14-9(6-18(5)7-13)11(15-10)16-3/h8-10H,6-7H2,1-5H3/q+1/t9-,10-,18?/m1/s1. The van der Waals surface area contributed by atoms with E-state index >= 15 is 0 Å². The topological polar surface area (TPSA) is 43.2 Å². The van der Waals surface area contributed by atoms with Gasteiger partial charge in [0.05, 0.1) is 20.5 Å². The van der Waals surface area contributed by atoms with Gasteiger partial charge in [-0.2, -0.15) is 0 Å². The second-order valence-electron chi connectivity index (χ2n) is 4.60. The van der Waals surface area contributed by atoms with E-state index < -0.39 is 0 Å². The lowest BCUT2D eigenvalue weighted by atomic mass is 10.0. The molecule has 0 spiro atoms. The van der Waals surface area contributed by atoms with Gasteiger partial charge < -0.3 is 9.47 Å². The zero-order valence-electron chi connectivity index (χ0n) is 11.6. The molecule has 104 valence electrons. The average Bonchev–Trinajstić information content (AvgIpc) is 2.37. The van der Waals surface area contributed by atoms with Crippen molar-refractivity contribution in [1.29, 1.82) is 0 Å². The van der Waals surface area contributed by atoms with Gasteiger partial charge in [0.1, 0.15) is 11.8 Å². The fraction of sp³-hybridized carbons (Fsp3) is 0.833. The number of halogens is 1. The van der Waals surface area contributed by atoms with E-state index in [-0.39, 0.29) is 23.0 Å². The maximum absolute atomic E-state index is 5.86. The summed E-state index contributed by atoms with van der Waals surface area (Å²) in [5, 5.41) is 0.638. The lowest BCUT2D eigenvalue weighted by molar-refractivity contribution is 0.336. The zero-order valence-corrected chi connectivity index (χ0v) is 13.2. The van der Waals surface area contributed by atoms with Crippen LogP contribution in [0.1, 0.15) is 13.8 Å². The molecule has 0 N–H and O–H groups in total. The molecule has 1 rings (SSSR count). The van der Waals surface area contributed by atoms with Crippen LogP contribution in [0.5, 0.6) is 0 Å². The molecule has 0 aromatic rings. The van der Waals surface area contributed by atoms with Gasteiger partial charge >= 0.3 is 0 Å². The van der Waals surface area contributed by atoms with Crippen molar-refractivity contribution in [2.24, 2.45) is 15.9 Å². The fourth-order valence-electron chi connectivity index (χ4n) is 1.78. The summed E-state index contributed by atoms with van der Waals surface area (Å²) in [5.41, 5.74) is 0. The van der Waals surface area contributed by atoms with Gasteiger partial charge in [-0.15, -0.1) is 0 Å². The van der Waals surface area contributed by atoms with Crippen molar-refractivity contribution in [2.75, 3.05) is 31.4 Å². The third kappa shape index (κ3) is 3.79. The molecule has 0 saturated heterocycles. The number of methoxy groups -OCH3 is 2. The second kappa shape index (κ2) is 7.24. The molecule has 4 nitrogen and oxygen atoms in total. The number of ether oxygens (including phenoxy) is 2. The molecule has 0 amide bonds. The highest BCUT2D eigenvalue weighted by molar-refractivity contribution is 7.97. The summed E-state index contributed by atoms with van der Waals surface area (Å²) in [6, 6.07) is -0.108. The molecule has 0 radical (unpaired) electrons. The minimum Gasteiger partial charge on any atom is -0.483 e. The van der Waals surface area contributed by atoms with E-state index in [1.807, 2.05) is 0 Å². The Kier molecular flexibility index (Phi) is 6.29. The van der Waals surface area contributed by atoms with Crippen molar-refractivity contribution in [3.05, 3.63) is 0 Å². The minimum absolute atomic E-state index is 0.0455. The van der Waals surface area contributed by atoms with Crippen LogP contribution in [-0.2, 0) is 20.4 Å². The third-order valence-electron chi connectivity index (χ3n) is 2.77. The van der Waals surface area contributed by atoms with Gasteiger partial charge in [0.25, 0.3) is 0 Å². The number of hydrogen-bond donors (Lipinski definition) is 0. The molecule has 1 unspecified atom stereocenters. The molecule has 0 fully saturated rings. The number of alkyl halides is 1. The Morgan fingerprint density at radius 2 is 1.83 bits per heavy atom. The first-order chi connectivity index (χ1) is 8.53. The van der Waals surface area contributed by atoms with Crippen molar-refractivity contribution in [3.63, 3.8) is 0 Å². The lowest BCUT2D eigenvalue weighted by Gasteiger charge is -2.26. The molecule has 0 saturated carbocycles. The van der Waals surface area contributed by atoms with Gasteiger partial charge in [0.2, 0.25) is 11.8 Å². The maximum Gasteiger partial charge on any atom is 0.214 e. The van der Waals surface area contributed by atoms with Gasteiger partial charge in [-0.25, -0.2) is 9.98 Å². The van der Waals surface area contributed by atoms with Gasteiger partial charge in [-0.1, -0.05) is 25.4 Å². The SMILES string of the molecule is COC1=N[C@H](C(C)C)C(OC)=N[C@@H]1C[S+](C)CCl. The Morgan fingerprint density at radius 1 is 1.22 bits per heavy atom. The average molecular weight is 294 g/mol. The number of nitrogens with zero attached hydrogens (tertiary/aromatic N) is 2. The fourth-order valence-corrected chi connectivity index (χ4v) is 2.89. The summed E-state index contributed by atoms with van der Waals surface area (Å²) in [6.07, 6.45) is 2.12. The summed E-state index contributed by atoms with van der Waals surface area (Å²) in [4.78, 5) is 9.25. The zero-order chi connectivity index (χ0) is 13.7. The molecule has 1 aliphatic rings. The van der Waals surface area contributed by atoms with Crippen LogP contribution in [0.2, 0.25) is 0 Å². The number of hydrogen-bond acceptors (Lipinski definition) is 4. The molecule has 3 atom stereocenters. The van der Waals surface area contributed by atoms with Crippen molar-refractivity contribution in [3.8, 4) is 0 Å². The predicted molar refractivity (Wildman–Crippen MR) is 80.2 cm³/mol.